The van der Waals surface area contributed by atoms with Crippen LogP contribution >= 0.6 is 23.2 Å². The Balaban J connectivity index is 6.15. The molecule has 0 aromatic heterocycles. The second kappa shape index (κ2) is 10.4. The summed E-state index contributed by atoms with van der Waals surface area (Å²) in [6.07, 6.45) is 0. The van der Waals surface area contributed by atoms with Crippen LogP contribution in [0.5, 0.6) is 0 Å². The molecule has 0 heterocycles. The van der Waals surface area contributed by atoms with Gasteiger partial charge in [0.05, 0.1) is 0 Å². The van der Waals surface area contributed by atoms with Crippen LogP contribution in [-0.2, 0) is 4.74 Å². The second-order valence-corrected chi connectivity index (χ2v) is 7.96. The van der Waals surface area contributed by atoms with Gasteiger partial charge in [-0.3, -0.25) is 0 Å². The average Bonchev–Trinajstić information content (AvgIpc) is 2.71. The lowest BCUT2D eigenvalue weighted by atomic mass is 9.94. The van der Waals surface area contributed by atoms with E-state index in [1.165, 1.54) is 0 Å². The molecule has 0 aliphatic heterocycles. The molecule has 0 saturated heterocycles. The summed E-state index contributed by atoms with van der Waals surface area (Å²) in [5.74, 6) is -76.1. The minimum absolute atomic E-state index is 2.63. The quantitative estimate of drug-likeness (QED) is 0.132. The topological polar surface area (TPSA) is 9.23 Å². The van der Waals surface area contributed by atoms with Crippen LogP contribution in [0.25, 0.3) is 0 Å². The Morgan fingerprint density at radius 1 is 0.385 bits per heavy atom. The highest BCUT2D eigenvalue weighted by molar-refractivity contribution is 6.20. The van der Waals surface area contributed by atoms with E-state index < -0.39 is 83.7 Å². The maximum Gasteiger partial charge on any atom is 0.384 e. The Hall–Kier alpha value is -1.00. The fraction of sp³-hybridized carbons (Fsp3) is 1.00. The van der Waals surface area contributed by atoms with Crippen LogP contribution in [0, 0.1) is 0 Å². The minimum atomic E-state index is -8.09. The van der Waals surface area contributed by atoms with Gasteiger partial charge in [-0.15, -0.1) is 0 Å². The number of hydrogen-bond acceptors (Lipinski definition) is 1. The van der Waals surface area contributed by atoms with E-state index in [1.54, 1.807) is 0 Å². The number of ether oxygens (including phenoxy) is 1. The van der Waals surface area contributed by atoms with Gasteiger partial charge in [-0.1, -0.05) is 23.2 Å². The predicted molar refractivity (Wildman–Crippen MR) is 81.8 cm³/mol. The van der Waals surface area contributed by atoms with Gasteiger partial charge in [-0.25, -0.2) is 8.78 Å². The van der Waals surface area contributed by atoms with Crippen molar-refractivity contribution in [1.29, 1.82) is 0 Å². The zero-order valence-electron chi connectivity index (χ0n) is 17.0. The number of alkyl halides is 24. The van der Waals surface area contributed by atoms with Crippen LogP contribution in [0.1, 0.15) is 0 Å². The molecule has 25 heteroatoms. The first-order valence-electron chi connectivity index (χ1n) is 8.51. The van der Waals surface area contributed by atoms with E-state index in [0.29, 0.717) is 0 Å². The van der Waals surface area contributed by atoms with Crippen molar-refractivity contribution in [2.45, 2.75) is 70.5 Å². The highest BCUT2D eigenvalue weighted by Gasteiger charge is 2.89. The first-order chi connectivity index (χ1) is 16.6. The summed E-state index contributed by atoms with van der Waals surface area (Å²) >= 11 is 7.57. The predicted octanol–water partition coefficient (Wildman–Crippen LogP) is 8.42. The van der Waals surface area contributed by atoms with E-state index in [-0.39, 0.29) is 0 Å². The number of hydrogen-bond donors (Lipinski definition) is 0. The molecular weight excluding hydrogens is 673 g/mol. The maximum atomic E-state index is 13.4. The second-order valence-electron chi connectivity index (χ2n) is 7.20. The van der Waals surface area contributed by atoms with Gasteiger partial charge in [0.1, 0.15) is 13.2 Å². The van der Waals surface area contributed by atoms with Gasteiger partial charge in [-0.05, 0) is 0 Å². The fourth-order valence-corrected chi connectivity index (χ4v) is 2.31. The van der Waals surface area contributed by atoms with Crippen LogP contribution < -0.4 is 0 Å². The van der Waals surface area contributed by atoms with Gasteiger partial charge in [0, 0.05) is 0 Å². The monoisotopic (exact) mass is 678 g/mol. The maximum absolute atomic E-state index is 13.4. The molecule has 39 heavy (non-hydrogen) atoms. The Labute approximate surface area is 209 Å². The van der Waals surface area contributed by atoms with Gasteiger partial charge in [0.2, 0.25) is 11.3 Å². The molecule has 236 valence electrons. The number of halogens is 24. The summed E-state index contributed by atoms with van der Waals surface area (Å²) in [6.45, 7) is -7.95. The standard InChI is InChI=1S/C14H6Cl2F22O/c15-3(17)7(23,24)11(31,32)13(35,36)9(27,28)5(19,20)1-39-2-6(21,22)10(29,30)14(37,38)12(33,34)8(25,26)4(16)18/h3-4H,1-2H2. The molecule has 0 rings (SSSR count). The van der Waals surface area contributed by atoms with Crippen LogP contribution in [0.4, 0.5) is 96.6 Å². The lowest BCUT2D eigenvalue weighted by Gasteiger charge is -2.40. The molecule has 0 aromatic carbocycles. The Morgan fingerprint density at radius 2 is 0.590 bits per heavy atom. The normalized spacial score (nSPS) is 17.8. The molecule has 0 spiro atoms. The van der Waals surface area contributed by atoms with Crippen molar-refractivity contribution in [2.24, 2.45) is 0 Å². The third-order valence-electron chi connectivity index (χ3n) is 4.45. The lowest BCUT2D eigenvalue weighted by Crippen LogP contribution is -2.70. The third kappa shape index (κ3) is 5.47. The van der Waals surface area contributed by atoms with Crippen molar-refractivity contribution >= 4 is 23.2 Å². The van der Waals surface area contributed by atoms with E-state index in [4.69, 9.17) is 0 Å². The smallest absolute Gasteiger partial charge is 0.368 e. The van der Waals surface area contributed by atoms with E-state index in [0.717, 1.165) is 0 Å². The molecule has 0 amide bonds. The van der Waals surface area contributed by atoms with Crippen LogP contribution in [0.2, 0.25) is 0 Å². The molecule has 0 saturated carbocycles. The molecule has 0 radical (unpaired) electrons. The zero-order chi connectivity index (χ0) is 32.3. The summed E-state index contributed by atoms with van der Waals surface area (Å²) in [6, 6.07) is 0. The Bertz CT molecular complexity index is 784. The van der Waals surface area contributed by atoms with Crippen molar-refractivity contribution in [3.63, 3.8) is 0 Å². The average molecular weight is 679 g/mol. The van der Waals surface area contributed by atoms with Gasteiger partial charge < -0.3 is 4.74 Å². The largest absolute Gasteiger partial charge is 0.384 e. The first-order valence-corrected chi connectivity index (χ1v) is 9.39. The first kappa shape index (κ1) is 38.0. The zero-order valence-corrected chi connectivity index (χ0v) is 18.6. The molecule has 0 aliphatic rings. The highest BCUT2D eigenvalue weighted by atomic mass is 35.5. The summed E-state index contributed by atoms with van der Waals surface area (Å²) in [5.41, 5.74) is -9.92. The molecule has 0 fully saturated rings. The SMILES string of the molecule is FC(Cl)C(F)(F)C(F)(F)C(F)(F)C(F)(F)C(F)(F)COCC(F)(F)C(F)(F)C(F)(F)C(F)(F)C(F)(F)C(F)Cl. The summed E-state index contributed by atoms with van der Waals surface area (Å²) in [4.78, 5) is 0. The Morgan fingerprint density at radius 3 is 0.769 bits per heavy atom. The van der Waals surface area contributed by atoms with Crippen molar-refractivity contribution < 1.29 is 101 Å². The summed E-state index contributed by atoms with van der Waals surface area (Å²) < 4.78 is 292. The summed E-state index contributed by atoms with van der Waals surface area (Å²) in [7, 11) is 0. The van der Waals surface area contributed by atoms with Gasteiger partial charge in [-0.2, -0.15) is 87.8 Å². The van der Waals surface area contributed by atoms with Crippen molar-refractivity contribution in [3.05, 3.63) is 0 Å². The number of rotatable bonds is 14. The highest BCUT2D eigenvalue weighted by Crippen LogP contribution is 2.60. The van der Waals surface area contributed by atoms with Crippen LogP contribution in [0.3, 0.4) is 0 Å². The van der Waals surface area contributed by atoms with Gasteiger partial charge in [0.25, 0.3) is 0 Å². The molecule has 0 aliphatic carbocycles. The van der Waals surface area contributed by atoms with E-state index in [1.807, 2.05) is 0 Å². The van der Waals surface area contributed by atoms with Gasteiger partial charge >= 0.3 is 59.2 Å². The molecular formula is C14H6Cl2F22O. The lowest BCUT2D eigenvalue weighted by molar-refractivity contribution is -0.414. The van der Waals surface area contributed by atoms with Crippen LogP contribution in [0.15, 0.2) is 0 Å². The molecule has 0 aromatic rings. The minimum Gasteiger partial charge on any atom is -0.368 e. The molecule has 2 atom stereocenters. The van der Waals surface area contributed by atoms with Crippen LogP contribution in [-0.4, -0.2) is 83.7 Å². The van der Waals surface area contributed by atoms with Crippen molar-refractivity contribution in [3.8, 4) is 0 Å². The molecule has 2 unspecified atom stereocenters. The molecule has 0 N–H and O–H groups in total. The van der Waals surface area contributed by atoms with E-state index in [9.17, 15) is 96.6 Å². The fourth-order valence-electron chi connectivity index (χ4n) is 2.04. The van der Waals surface area contributed by atoms with Crippen molar-refractivity contribution in [1.82, 2.24) is 0 Å². The van der Waals surface area contributed by atoms with Gasteiger partial charge in [0.15, 0.2) is 0 Å². The van der Waals surface area contributed by atoms with E-state index in [2.05, 4.69) is 27.9 Å². The Kier molecular flexibility index (Phi) is 10.1. The summed E-state index contributed by atoms with van der Waals surface area (Å²) in [5, 5.41) is 0. The van der Waals surface area contributed by atoms with Crippen molar-refractivity contribution in [2.75, 3.05) is 13.2 Å². The molecule has 1 nitrogen and oxygen atoms in total. The third-order valence-corrected chi connectivity index (χ3v) is 5.00. The molecule has 0 bridgehead atoms. The van der Waals surface area contributed by atoms with E-state index >= 15 is 0 Å².